The molecule has 0 heterocycles. The van der Waals surface area contributed by atoms with Gasteiger partial charge in [-0.15, -0.1) is 6.58 Å². The molecule has 0 bridgehead atoms. The first-order chi connectivity index (χ1) is 11.4. The summed E-state index contributed by atoms with van der Waals surface area (Å²) in [5.74, 6) is -0.753. The third-order valence-corrected chi connectivity index (χ3v) is 3.99. The number of hydrogen-bond acceptors (Lipinski definition) is 4. The van der Waals surface area contributed by atoms with Crippen molar-refractivity contribution in [1.82, 2.24) is 0 Å². The van der Waals surface area contributed by atoms with Gasteiger partial charge in [0.25, 0.3) is 0 Å². The summed E-state index contributed by atoms with van der Waals surface area (Å²) in [5.41, 5.74) is -1.26. The van der Waals surface area contributed by atoms with Crippen LogP contribution < -0.4 is 0 Å². The number of esters is 2. The SMILES string of the molecule is C=CCC(CC(C)C)(C(=O)OCCCCC)C(=O)OCCCCC. The van der Waals surface area contributed by atoms with E-state index in [4.69, 9.17) is 9.47 Å². The number of carbonyl (C=O) groups is 2. The topological polar surface area (TPSA) is 52.6 Å². The van der Waals surface area contributed by atoms with Crippen molar-refractivity contribution in [2.45, 2.75) is 79.1 Å². The minimum Gasteiger partial charge on any atom is -0.465 e. The standard InChI is InChI=1S/C20H36O4/c1-6-9-11-14-23-18(21)20(13-8-3,16-17(4)5)19(22)24-15-12-10-7-2/h8,17H,3,6-7,9-16H2,1-2,4-5H3. The Hall–Kier alpha value is -1.32. The molecule has 0 aromatic rings. The molecule has 140 valence electrons. The molecule has 0 aromatic heterocycles. The van der Waals surface area contributed by atoms with Crippen molar-refractivity contribution in [3.63, 3.8) is 0 Å². The molecule has 0 aliphatic heterocycles. The second-order valence-corrected chi connectivity index (χ2v) is 6.86. The van der Waals surface area contributed by atoms with E-state index in [9.17, 15) is 9.59 Å². The normalized spacial score (nSPS) is 11.4. The third kappa shape index (κ3) is 7.98. The molecule has 0 saturated heterocycles. The van der Waals surface area contributed by atoms with E-state index in [0.717, 1.165) is 38.5 Å². The fraction of sp³-hybridized carbons (Fsp3) is 0.800. The van der Waals surface area contributed by atoms with Crippen LogP contribution in [-0.2, 0) is 19.1 Å². The highest BCUT2D eigenvalue weighted by atomic mass is 16.6. The predicted octanol–water partition coefficient (Wildman–Crippen LogP) is 5.06. The fourth-order valence-electron chi connectivity index (χ4n) is 2.75. The molecule has 4 heteroatoms. The van der Waals surface area contributed by atoms with Crippen molar-refractivity contribution in [3.8, 4) is 0 Å². The van der Waals surface area contributed by atoms with Crippen molar-refractivity contribution in [2.75, 3.05) is 13.2 Å². The van der Waals surface area contributed by atoms with Crippen LogP contribution in [-0.4, -0.2) is 25.2 Å². The zero-order valence-electron chi connectivity index (χ0n) is 16.1. The third-order valence-electron chi connectivity index (χ3n) is 3.99. The summed E-state index contributed by atoms with van der Waals surface area (Å²) in [4.78, 5) is 25.4. The molecule has 0 saturated carbocycles. The summed E-state index contributed by atoms with van der Waals surface area (Å²) >= 11 is 0. The van der Waals surface area contributed by atoms with Gasteiger partial charge in [-0.3, -0.25) is 9.59 Å². The molecule has 0 aromatic carbocycles. The monoisotopic (exact) mass is 340 g/mol. The molecule has 0 atom stereocenters. The lowest BCUT2D eigenvalue weighted by molar-refractivity contribution is -0.174. The van der Waals surface area contributed by atoms with Gasteiger partial charge in [0.05, 0.1) is 13.2 Å². The van der Waals surface area contributed by atoms with Crippen molar-refractivity contribution in [2.24, 2.45) is 11.3 Å². The molecule has 0 amide bonds. The molecule has 4 nitrogen and oxygen atoms in total. The van der Waals surface area contributed by atoms with Crippen LogP contribution in [0.3, 0.4) is 0 Å². The molecule has 0 aliphatic rings. The van der Waals surface area contributed by atoms with Gasteiger partial charge in [-0.05, 0) is 31.6 Å². The largest absolute Gasteiger partial charge is 0.465 e. The Labute approximate surface area is 148 Å². The molecule has 0 N–H and O–H groups in total. The van der Waals surface area contributed by atoms with E-state index in [2.05, 4.69) is 20.4 Å². The molecule has 0 radical (unpaired) electrons. The Morgan fingerprint density at radius 1 is 0.958 bits per heavy atom. The van der Waals surface area contributed by atoms with Gasteiger partial charge in [-0.1, -0.05) is 59.5 Å². The van der Waals surface area contributed by atoms with Gasteiger partial charge in [0.15, 0.2) is 5.41 Å². The van der Waals surface area contributed by atoms with Crippen LogP contribution >= 0.6 is 0 Å². The number of ether oxygens (including phenoxy) is 2. The minimum atomic E-state index is -1.26. The van der Waals surface area contributed by atoms with Gasteiger partial charge in [-0.2, -0.15) is 0 Å². The van der Waals surface area contributed by atoms with Crippen molar-refractivity contribution in [3.05, 3.63) is 12.7 Å². The van der Waals surface area contributed by atoms with Crippen LogP contribution in [0.4, 0.5) is 0 Å². The molecule has 0 aliphatic carbocycles. The lowest BCUT2D eigenvalue weighted by atomic mass is 9.77. The van der Waals surface area contributed by atoms with Gasteiger partial charge in [-0.25, -0.2) is 0 Å². The highest BCUT2D eigenvalue weighted by Crippen LogP contribution is 2.34. The van der Waals surface area contributed by atoms with Crippen LogP contribution in [0.25, 0.3) is 0 Å². The Morgan fingerprint density at radius 3 is 1.75 bits per heavy atom. The predicted molar refractivity (Wildman–Crippen MR) is 97.7 cm³/mol. The summed E-state index contributed by atoms with van der Waals surface area (Å²) in [6.07, 6.45) is 8.05. The molecule has 0 rings (SSSR count). The van der Waals surface area contributed by atoms with E-state index in [0.29, 0.717) is 19.6 Å². The zero-order valence-corrected chi connectivity index (χ0v) is 16.1. The summed E-state index contributed by atoms with van der Waals surface area (Å²) < 4.78 is 10.8. The first-order valence-corrected chi connectivity index (χ1v) is 9.39. The highest BCUT2D eigenvalue weighted by Gasteiger charge is 2.48. The minimum absolute atomic E-state index is 0.177. The van der Waals surface area contributed by atoms with Crippen LogP contribution in [0.2, 0.25) is 0 Å². The second-order valence-electron chi connectivity index (χ2n) is 6.86. The van der Waals surface area contributed by atoms with Gasteiger partial charge in [0.2, 0.25) is 0 Å². The summed E-state index contributed by atoms with van der Waals surface area (Å²) in [6, 6.07) is 0. The van der Waals surface area contributed by atoms with Gasteiger partial charge in [0, 0.05) is 0 Å². The smallest absolute Gasteiger partial charge is 0.323 e. The van der Waals surface area contributed by atoms with Crippen molar-refractivity contribution < 1.29 is 19.1 Å². The number of carbonyl (C=O) groups excluding carboxylic acids is 2. The maximum Gasteiger partial charge on any atom is 0.323 e. The lowest BCUT2D eigenvalue weighted by Crippen LogP contribution is -2.43. The molecule has 0 unspecified atom stereocenters. The van der Waals surface area contributed by atoms with E-state index >= 15 is 0 Å². The highest BCUT2D eigenvalue weighted by molar-refractivity contribution is 6.00. The summed E-state index contributed by atoms with van der Waals surface area (Å²) in [5, 5.41) is 0. The van der Waals surface area contributed by atoms with Crippen LogP contribution in [0.5, 0.6) is 0 Å². The van der Waals surface area contributed by atoms with Crippen LogP contribution in [0.1, 0.15) is 79.1 Å². The quantitative estimate of drug-likeness (QED) is 0.192. The summed E-state index contributed by atoms with van der Waals surface area (Å²) in [6.45, 7) is 12.6. The van der Waals surface area contributed by atoms with Gasteiger partial charge >= 0.3 is 11.9 Å². The average Bonchev–Trinajstić information content (AvgIpc) is 2.54. The van der Waals surface area contributed by atoms with E-state index in [1.807, 2.05) is 13.8 Å². The Balaban J connectivity index is 5.04. The van der Waals surface area contributed by atoms with Crippen LogP contribution in [0, 0.1) is 11.3 Å². The Bertz CT molecular complexity index is 350. The lowest BCUT2D eigenvalue weighted by Gasteiger charge is -2.30. The molecular formula is C20H36O4. The van der Waals surface area contributed by atoms with E-state index in [1.165, 1.54) is 0 Å². The Morgan fingerprint density at radius 2 is 1.42 bits per heavy atom. The fourth-order valence-corrected chi connectivity index (χ4v) is 2.75. The number of rotatable bonds is 14. The number of unbranched alkanes of at least 4 members (excludes halogenated alkanes) is 4. The average molecular weight is 341 g/mol. The summed E-state index contributed by atoms with van der Waals surface area (Å²) in [7, 11) is 0. The zero-order chi connectivity index (χ0) is 18.4. The number of hydrogen-bond donors (Lipinski definition) is 0. The van der Waals surface area contributed by atoms with Gasteiger partial charge in [0.1, 0.15) is 0 Å². The first-order valence-electron chi connectivity index (χ1n) is 9.39. The second kappa shape index (κ2) is 13.0. The number of allylic oxidation sites excluding steroid dienone is 1. The van der Waals surface area contributed by atoms with E-state index in [1.54, 1.807) is 6.08 Å². The molecular weight excluding hydrogens is 304 g/mol. The van der Waals surface area contributed by atoms with E-state index < -0.39 is 17.4 Å². The van der Waals surface area contributed by atoms with Crippen LogP contribution in [0.15, 0.2) is 12.7 Å². The van der Waals surface area contributed by atoms with Gasteiger partial charge < -0.3 is 9.47 Å². The maximum atomic E-state index is 12.7. The Kier molecular flexibility index (Phi) is 12.3. The van der Waals surface area contributed by atoms with Crippen molar-refractivity contribution in [1.29, 1.82) is 0 Å². The van der Waals surface area contributed by atoms with E-state index in [-0.39, 0.29) is 12.3 Å². The maximum absolute atomic E-state index is 12.7. The molecule has 0 spiro atoms. The first kappa shape index (κ1) is 22.7. The molecule has 0 fully saturated rings. The van der Waals surface area contributed by atoms with Crippen molar-refractivity contribution >= 4 is 11.9 Å². The molecule has 24 heavy (non-hydrogen) atoms.